The largest absolute Gasteiger partial charge is 0.497 e. The van der Waals surface area contributed by atoms with E-state index in [0.717, 1.165) is 23.2 Å². The molecule has 4 rings (SSSR count). The first-order valence-corrected chi connectivity index (χ1v) is 13.1. The maximum atomic E-state index is 11.4. The third-order valence-corrected chi connectivity index (χ3v) is 6.10. The molecule has 0 fully saturated rings. The minimum atomic E-state index is -3.54. The standard InChI is InChI=1S/C26H26N4O6S/c1-34-22-12-21(13-23(15-22)35-2)30(9-4-10-36-37(3,32)33)20-5-6-24-25(14-20)29-26(16-28-24)18-7-8-27-19(11-18)17-31/h5-8,11-17H,4,9-10H2,1-3H3. The molecule has 11 heteroatoms. The van der Waals surface area contributed by atoms with Crippen molar-refractivity contribution < 1.29 is 26.9 Å². The Morgan fingerprint density at radius 2 is 1.68 bits per heavy atom. The van der Waals surface area contributed by atoms with Gasteiger partial charge in [0, 0.05) is 47.9 Å². The topological polar surface area (TPSA) is 121 Å². The first-order valence-electron chi connectivity index (χ1n) is 11.3. The third kappa shape index (κ3) is 6.57. The summed E-state index contributed by atoms with van der Waals surface area (Å²) in [5.74, 6) is 1.22. The summed E-state index contributed by atoms with van der Waals surface area (Å²) in [6.07, 6.45) is 5.35. The number of fused-ring (bicyclic) bond motifs is 1. The van der Waals surface area contributed by atoms with Crippen molar-refractivity contribution in [2.45, 2.75) is 6.42 Å². The van der Waals surface area contributed by atoms with Crippen LogP contribution in [-0.4, -0.2) is 63.3 Å². The first kappa shape index (κ1) is 26.0. The summed E-state index contributed by atoms with van der Waals surface area (Å²) in [7, 11) is -0.392. The van der Waals surface area contributed by atoms with Crippen molar-refractivity contribution >= 4 is 38.8 Å². The quantitative estimate of drug-likeness (QED) is 0.162. The van der Waals surface area contributed by atoms with Gasteiger partial charge in [0.25, 0.3) is 10.1 Å². The number of nitrogens with zero attached hydrogens (tertiary/aromatic N) is 4. The van der Waals surface area contributed by atoms with Gasteiger partial charge < -0.3 is 14.4 Å². The van der Waals surface area contributed by atoms with Crippen LogP contribution in [0.5, 0.6) is 11.5 Å². The lowest BCUT2D eigenvalue weighted by Gasteiger charge is -2.26. The molecule has 2 heterocycles. The van der Waals surface area contributed by atoms with Crippen LogP contribution < -0.4 is 14.4 Å². The predicted octanol–water partition coefficient (Wildman–Crippen LogP) is 4.03. The van der Waals surface area contributed by atoms with Gasteiger partial charge in [0.15, 0.2) is 6.29 Å². The Bertz CT molecular complexity index is 1500. The molecule has 2 aromatic heterocycles. The van der Waals surface area contributed by atoms with Crippen LogP contribution >= 0.6 is 0 Å². The molecular formula is C26H26N4O6S. The summed E-state index contributed by atoms with van der Waals surface area (Å²) in [5.41, 5.74) is 4.56. The van der Waals surface area contributed by atoms with E-state index < -0.39 is 10.1 Å². The normalized spacial score (nSPS) is 11.3. The van der Waals surface area contributed by atoms with Crippen molar-refractivity contribution in [3.63, 3.8) is 0 Å². The number of ether oxygens (including phenoxy) is 2. The van der Waals surface area contributed by atoms with E-state index in [-0.39, 0.29) is 6.61 Å². The molecule has 0 aliphatic carbocycles. The molecule has 192 valence electrons. The zero-order valence-electron chi connectivity index (χ0n) is 20.6. The molecule has 0 atom stereocenters. The van der Waals surface area contributed by atoms with E-state index in [1.54, 1.807) is 44.8 Å². The molecule has 4 aromatic rings. The van der Waals surface area contributed by atoms with E-state index >= 15 is 0 Å². The van der Waals surface area contributed by atoms with Crippen molar-refractivity contribution in [3.05, 3.63) is 66.6 Å². The van der Waals surface area contributed by atoms with Gasteiger partial charge in [-0.1, -0.05) is 0 Å². The van der Waals surface area contributed by atoms with E-state index in [0.29, 0.717) is 53.2 Å². The predicted molar refractivity (Wildman–Crippen MR) is 140 cm³/mol. The van der Waals surface area contributed by atoms with Crippen LogP contribution in [-0.2, 0) is 14.3 Å². The molecule has 0 bridgehead atoms. The van der Waals surface area contributed by atoms with Crippen molar-refractivity contribution in [2.24, 2.45) is 0 Å². The monoisotopic (exact) mass is 522 g/mol. The highest BCUT2D eigenvalue weighted by Gasteiger charge is 2.15. The highest BCUT2D eigenvalue weighted by Crippen LogP contribution is 2.34. The number of hydrogen-bond donors (Lipinski definition) is 0. The summed E-state index contributed by atoms with van der Waals surface area (Å²) < 4.78 is 38.7. The van der Waals surface area contributed by atoms with Crippen LogP contribution in [0.1, 0.15) is 16.9 Å². The van der Waals surface area contributed by atoms with Crippen molar-refractivity contribution in [3.8, 4) is 22.8 Å². The number of anilines is 2. The Morgan fingerprint density at radius 3 is 2.35 bits per heavy atom. The number of aldehydes is 1. The van der Waals surface area contributed by atoms with Crippen LogP contribution in [0.2, 0.25) is 0 Å². The lowest BCUT2D eigenvalue weighted by atomic mass is 10.1. The molecule has 0 aliphatic heterocycles. The molecule has 0 radical (unpaired) electrons. The van der Waals surface area contributed by atoms with E-state index in [4.69, 9.17) is 18.6 Å². The van der Waals surface area contributed by atoms with Crippen LogP contribution in [0.25, 0.3) is 22.3 Å². The number of methoxy groups -OCH3 is 2. The molecular weight excluding hydrogens is 496 g/mol. The zero-order valence-corrected chi connectivity index (χ0v) is 21.4. The second-order valence-corrected chi connectivity index (χ2v) is 9.76. The molecule has 0 unspecified atom stereocenters. The smallest absolute Gasteiger partial charge is 0.264 e. The zero-order chi connectivity index (χ0) is 26.4. The number of rotatable bonds is 11. The highest BCUT2D eigenvalue weighted by atomic mass is 32.2. The Balaban J connectivity index is 1.74. The maximum Gasteiger partial charge on any atom is 0.264 e. The molecule has 2 aromatic carbocycles. The maximum absolute atomic E-state index is 11.4. The van der Waals surface area contributed by atoms with Crippen LogP contribution in [0.15, 0.2) is 60.9 Å². The van der Waals surface area contributed by atoms with E-state index in [2.05, 4.69) is 9.97 Å². The van der Waals surface area contributed by atoms with Crippen molar-refractivity contribution in [2.75, 3.05) is 38.5 Å². The molecule has 10 nitrogen and oxygen atoms in total. The Hall–Kier alpha value is -4.09. The van der Waals surface area contributed by atoms with Crippen LogP contribution in [0.3, 0.4) is 0 Å². The lowest BCUT2D eigenvalue weighted by Crippen LogP contribution is -2.20. The number of pyridine rings is 1. The Labute approximate surface area is 215 Å². The SMILES string of the molecule is COc1cc(OC)cc(N(CCCOS(C)(=O)=O)c2ccc3ncc(-c4ccnc(C=O)c4)nc3c2)c1. The number of aromatic nitrogens is 3. The molecule has 0 saturated carbocycles. The average molecular weight is 523 g/mol. The molecule has 0 spiro atoms. The minimum Gasteiger partial charge on any atom is -0.497 e. The van der Waals surface area contributed by atoms with Gasteiger partial charge in [-0.05, 0) is 36.8 Å². The minimum absolute atomic E-state index is 0.0368. The number of carbonyl (C=O) groups excluding carboxylic acids is 1. The van der Waals surface area contributed by atoms with Crippen LogP contribution in [0.4, 0.5) is 11.4 Å². The Morgan fingerprint density at radius 1 is 0.919 bits per heavy atom. The molecule has 0 N–H and O–H groups in total. The van der Waals surface area contributed by atoms with E-state index in [1.807, 2.05) is 35.2 Å². The number of benzene rings is 2. The number of carbonyl (C=O) groups is 1. The van der Waals surface area contributed by atoms with Gasteiger partial charge in [0.2, 0.25) is 0 Å². The fourth-order valence-corrected chi connectivity index (χ4v) is 4.19. The summed E-state index contributed by atoms with van der Waals surface area (Å²) in [6.45, 7) is 0.479. The third-order valence-electron chi connectivity index (χ3n) is 5.51. The second kappa shape index (κ2) is 11.3. The Kier molecular flexibility index (Phi) is 7.95. The van der Waals surface area contributed by atoms with Gasteiger partial charge in [-0.25, -0.2) is 4.98 Å². The van der Waals surface area contributed by atoms with Gasteiger partial charge in [-0.2, -0.15) is 8.42 Å². The average Bonchev–Trinajstić information content (AvgIpc) is 2.91. The van der Waals surface area contributed by atoms with Crippen molar-refractivity contribution in [1.82, 2.24) is 15.0 Å². The van der Waals surface area contributed by atoms with Gasteiger partial charge in [0.1, 0.15) is 17.2 Å². The molecule has 37 heavy (non-hydrogen) atoms. The van der Waals surface area contributed by atoms with E-state index in [1.165, 1.54) is 0 Å². The fraction of sp³-hybridized carbons (Fsp3) is 0.231. The van der Waals surface area contributed by atoms with E-state index in [9.17, 15) is 13.2 Å². The van der Waals surface area contributed by atoms with Gasteiger partial charge in [-0.3, -0.25) is 18.9 Å². The van der Waals surface area contributed by atoms with Crippen LogP contribution in [0, 0.1) is 0 Å². The fourth-order valence-electron chi connectivity index (χ4n) is 3.77. The van der Waals surface area contributed by atoms with Gasteiger partial charge in [0.05, 0.1) is 50.0 Å². The summed E-state index contributed by atoms with van der Waals surface area (Å²) in [6, 6.07) is 14.6. The molecule has 0 saturated heterocycles. The lowest BCUT2D eigenvalue weighted by molar-refractivity contribution is 0.111. The van der Waals surface area contributed by atoms with Gasteiger partial charge >= 0.3 is 0 Å². The first-order chi connectivity index (χ1) is 17.8. The van der Waals surface area contributed by atoms with Gasteiger partial charge in [-0.15, -0.1) is 0 Å². The summed E-state index contributed by atoms with van der Waals surface area (Å²) >= 11 is 0. The second-order valence-electron chi connectivity index (χ2n) is 8.12. The number of hydrogen-bond acceptors (Lipinski definition) is 10. The summed E-state index contributed by atoms with van der Waals surface area (Å²) in [5, 5.41) is 0. The molecule has 0 amide bonds. The highest BCUT2D eigenvalue weighted by molar-refractivity contribution is 7.85. The summed E-state index contributed by atoms with van der Waals surface area (Å²) in [4.78, 5) is 26.4. The van der Waals surface area contributed by atoms with Crippen molar-refractivity contribution in [1.29, 1.82) is 0 Å². The molecule has 0 aliphatic rings.